The fourth-order valence-corrected chi connectivity index (χ4v) is 2.12. The minimum atomic E-state index is -4.41. The van der Waals surface area contributed by atoms with Gasteiger partial charge in [-0.1, -0.05) is 0 Å². The average molecular weight is 341 g/mol. The number of pyridine rings is 1. The van der Waals surface area contributed by atoms with Gasteiger partial charge in [0, 0.05) is 18.1 Å². The largest absolute Gasteiger partial charge is 0.418 e. The van der Waals surface area contributed by atoms with E-state index in [-0.39, 0.29) is 9.26 Å². The standard InChI is InChI=1S/C9H7F3IN3/c1-4-2-15-8-7(14)6(13)5(3-16(4)8)9(10,11)12/h2-3H,14H2,1H3. The molecule has 2 rings (SSSR count). The van der Waals surface area contributed by atoms with E-state index in [9.17, 15) is 13.2 Å². The van der Waals surface area contributed by atoms with Gasteiger partial charge in [-0.2, -0.15) is 13.2 Å². The van der Waals surface area contributed by atoms with Gasteiger partial charge >= 0.3 is 6.18 Å². The summed E-state index contributed by atoms with van der Waals surface area (Å²) < 4.78 is 39.4. The Morgan fingerprint density at radius 3 is 2.62 bits per heavy atom. The fourth-order valence-electron chi connectivity index (χ4n) is 1.43. The summed E-state index contributed by atoms with van der Waals surface area (Å²) in [5.74, 6) is 0. The number of aryl methyl sites for hydroxylation is 1. The molecule has 0 amide bonds. The first-order valence-corrected chi connectivity index (χ1v) is 5.39. The first-order valence-electron chi connectivity index (χ1n) is 4.31. The van der Waals surface area contributed by atoms with Gasteiger partial charge in [-0.05, 0) is 29.5 Å². The zero-order valence-corrected chi connectivity index (χ0v) is 10.3. The third-order valence-electron chi connectivity index (χ3n) is 2.26. The maximum atomic E-state index is 12.7. The molecule has 16 heavy (non-hydrogen) atoms. The molecule has 2 aromatic rings. The first-order chi connectivity index (χ1) is 7.32. The highest BCUT2D eigenvalue weighted by molar-refractivity contribution is 14.1. The van der Waals surface area contributed by atoms with Crippen molar-refractivity contribution in [2.75, 3.05) is 5.73 Å². The van der Waals surface area contributed by atoms with E-state index in [2.05, 4.69) is 4.98 Å². The molecule has 7 heteroatoms. The quantitative estimate of drug-likeness (QED) is 0.749. The van der Waals surface area contributed by atoms with Crippen LogP contribution in [0.15, 0.2) is 12.4 Å². The predicted octanol–water partition coefficient (Wildman–Crippen LogP) is 2.85. The van der Waals surface area contributed by atoms with Crippen LogP contribution >= 0.6 is 22.6 Å². The Hall–Kier alpha value is -0.990. The van der Waals surface area contributed by atoms with Gasteiger partial charge in [0.2, 0.25) is 0 Å². The molecule has 0 fully saturated rings. The highest BCUT2D eigenvalue weighted by Gasteiger charge is 2.35. The number of anilines is 1. The van der Waals surface area contributed by atoms with Crippen LogP contribution in [0.3, 0.4) is 0 Å². The van der Waals surface area contributed by atoms with Crippen LogP contribution in [0.5, 0.6) is 0 Å². The van der Waals surface area contributed by atoms with E-state index >= 15 is 0 Å². The Bertz CT molecular complexity index is 559. The molecule has 0 aliphatic rings. The van der Waals surface area contributed by atoms with E-state index in [0.29, 0.717) is 11.3 Å². The highest BCUT2D eigenvalue weighted by atomic mass is 127. The Morgan fingerprint density at radius 1 is 1.44 bits per heavy atom. The smallest absolute Gasteiger partial charge is 0.395 e. The molecular formula is C9H7F3IN3. The summed E-state index contributed by atoms with van der Waals surface area (Å²) in [4.78, 5) is 3.97. The van der Waals surface area contributed by atoms with Crippen LogP contribution in [0.1, 0.15) is 11.3 Å². The maximum Gasteiger partial charge on any atom is 0.418 e. The molecule has 2 N–H and O–H groups in total. The number of hydrogen-bond acceptors (Lipinski definition) is 2. The molecule has 2 heterocycles. The Labute approximate surface area is 103 Å². The third-order valence-corrected chi connectivity index (χ3v) is 3.42. The molecule has 3 nitrogen and oxygen atoms in total. The molecule has 86 valence electrons. The third kappa shape index (κ3) is 1.62. The molecule has 0 aromatic carbocycles. The monoisotopic (exact) mass is 341 g/mol. The predicted molar refractivity (Wildman–Crippen MR) is 62.1 cm³/mol. The van der Waals surface area contributed by atoms with Crippen LogP contribution in [-0.2, 0) is 6.18 Å². The topological polar surface area (TPSA) is 43.3 Å². The fraction of sp³-hybridized carbons (Fsp3) is 0.222. The second kappa shape index (κ2) is 3.51. The van der Waals surface area contributed by atoms with Gasteiger partial charge in [-0.25, -0.2) is 4.98 Å². The second-order valence-corrected chi connectivity index (χ2v) is 4.44. The van der Waals surface area contributed by atoms with Crippen LogP contribution < -0.4 is 5.73 Å². The minimum Gasteiger partial charge on any atom is -0.395 e. The summed E-state index contributed by atoms with van der Waals surface area (Å²) in [5.41, 5.74) is 5.93. The number of aromatic nitrogens is 2. The van der Waals surface area contributed by atoms with Crippen molar-refractivity contribution in [3.8, 4) is 0 Å². The maximum absolute atomic E-state index is 12.7. The number of hydrogen-bond donors (Lipinski definition) is 1. The van der Waals surface area contributed by atoms with Crippen molar-refractivity contribution < 1.29 is 13.2 Å². The molecule has 0 radical (unpaired) electrons. The number of halogens is 4. The molecule has 0 aliphatic carbocycles. The van der Waals surface area contributed by atoms with Crippen molar-refractivity contribution in [1.82, 2.24) is 9.38 Å². The number of rotatable bonds is 0. The molecule has 0 saturated heterocycles. The van der Waals surface area contributed by atoms with Crippen LogP contribution in [0.25, 0.3) is 5.65 Å². The van der Waals surface area contributed by atoms with Gasteiger partial charge in [0.05, 0.1) is 14.8 Å². The minimum absolute atomic E-state index is 0.0109. The Balaban J connectivity index is 2.87. The van der Waals surface area contributed by atoms with Gasteiger partial charge in [0.1, 0.15) is 0 Å². The van der Waals surface area contributed by atoms with Crippen LogP contribution in [0.2, 0.25) is 0 Å². The second-order valence-electron chi connectivity index (χ2n) is 3.36. The Morgan fingerprint density at radius 2 is 2.06 bits per heavy atom. The number of nitrogens with two attached hydrogens (primary N) is 1. The number of nitrogen functional groups attached to an aromatic ring is 1. The zero-order valence-electron chi connectivity index (χ0n) is 8.14. The van der Waals surface area contributed by atoms with Crippen molar-refractivity contribution in [3.63, 3.8) is 0 Å². The van der Waals surface area contributed by atoms with Crippen molar-refractivity contribution in [2.24, 2.45) is 0 Å². The SMILES string of the molecule is Cc1cnc2c(N)c(I)c(C(F)(F)F)cn12. The summed E-state index contributed by atoms with van der Waals surface area (Å²) >= 11 is 1.59. The number of imidazole rings is 1. The summed E-state index contributed by atoms with van der Waals surface area (Å²) in [6.07, 6.45) is -1.90. The summed E-state index contributed by atoms with van der Waals surface area (Å²) in [6, 6.07) is 0. The van der Waals surface area contributed by atoms with E-state index < -0.39 is 11.7 Å². The molecule has 0 saturated carbocycles. The molecular weight excluding hydrogens is 334 g/mol. The first kappa shape index (κ1) is 11.5. The van der Waals surface area contributed by atoms with Gasteiger partial charge < -0.3 is 10.1 Å². The van der Waals surface area contributed by atoms with Crippen molar-refractivity contribution >= 4 is 33.9 Å². The number of alkyl halides is 3. The van der Waals surface area contributed by atoms with Gasteiger partial charge in [0.15, 0.2) is 5.65 Å². The molecule has 2 aromatic heterocycles. The molecule has 0 spiro atoms. The van der Waals surface area contributed by atoms with E-state index in [1.165, 1.54) is 10.6 Å². The summed E-state index contributed by atoms with van der Waals surface area (Å²) in [7, 11) is 0. The van der Waals surface area contributed by atoms with Gasteiger partial charge in [-0.3, -0.25) is 0 Å². The molecule has 0 aliphatic heterocycles. The van der Waals surface area contributed by atoms with E-state index in [1.54, 1.807) is 29.5 Å². The van der Waals surface area contributed by atoms with Crippen molar-refractivity contribution in [1.29, 1.82) is 0 Å². The van der Waals surface area contributed by atoms with Gasteiger partial charge in [-0.15, -0.1) is 0 Å². The lowest BCUT2D eigenvalue weighted by molar-refractivity contribution is -0.138. The van der Waals surface area contributed by atoms with E-state index in [4.69, 9.17) is 5.73 Å². The van der Waals surface area contributed by atoms with Gasteiger partial charge in [0.25, 0.3) is 0 Å². The van der Waals surface area contributed by atoms with Crippen LogP contribution in [0.4, 0.5) is 18.9 Å². The lowest BCUT2D eigenvalue weighted by Gasteiger charge is -2.12. The summed E-state index contributed by atoms with van der Waals surface area (Å²) in [6.45, 7) is 1.67. The lowest BCUT2D eigenvalue weighted by atomic mass is 10.2. The Kier molecular flexibility index (Phi) is 2.52. The van der Waals surface area contributed by atoms with Crippen LogP contribution in [0, 0.1) is 10.5 Å². The van der Waals surface area contributed by atoms with Crippen molar-refractivity contribution in [2.45, 2.75) is 13.1 Å². The van der Waals surface area contributed by atoms with Crippen LogP contribution in [-0.4, -0.2) is 9.38 Å². The van der Waals surface area contributed by atoms with E-state index in [0.717, 1.165) is 6.20 Å². The van der Waals surface area contributed by atoms with Crippen molar-refractivity contribution in [3.05, 3.63) is 27.2 Å². The summed E-state index contributed by atoms with van der Waals surface area (Å²) in [5, 5.41) is 0. The zero-order chi connectivity index (χ0) is 12.1. The average Bonchev–Trinajstić information content (AvgIpc) is 2.52. The lowest BCUT2D eigenvalue weighted by Crippen LogP contribution is -2.12. The number of nitrogens with zero attached hydrogens (tertiary/aromatic N) is 2. The highest BCUT2D eigenvalue weighted by Crippen LogP contribution is 2.36. The molecule has 0 bridgehead atoms. The normalized spacial score (nSPS) is 12.3. The number of fused-ring (bicyclic) bond motifs is 1. The van der Waals surface area contributed by atoms with E-state index in [1.807, 2.05) is 0 Å². The molecule has 0 unspecified atom stereocenters. The molecule has 0 atom stereocenters.